The van der Waals surface area contributed by atoms with E-state index in [1.165, 1.54) is 13.1 Å². The van der Waals surface area contributed by atoms with Crippen LogP contribution in [0.3, 0.4) is 0 Å². The number of carbonyl (C=O) groups excluding carboxylic acids is 2. The molecule has 0 aromatic heterocycles. The van der Waals surface area contributed by atoms with E-state index >= 15 is 0 Å². The van der Waals surface area contributed by atoms with Gasteiger partial charge in [-0.3, -0.25) is 14.9 Å². The molecule has 0 fully saturated rings. The van der Waals surface area contributed by atoms with Gasteiger partial charge in [0.1, 0.15) is 6.04 Å². The molecule has 0 rings (SSSR count). The molecular formula is C9H15N3O2. The van der Waals surface area contributed by atoms with E-state index in [9.17, 15) is 9.59 Å². The zero-order chi connectivity index (χ0) is 11.4. The van der Waals surface area contributed by atoms with E-state index < -0.39 is 17.4 Å². The smallest absolute Gasteiger partial charge is 0.255 e. The average Bonchev–Trinajstić information content (AvgIpc) is 2.02. The molecule has 0 saturated carbocycles. The number of amides is 2. The lowest BCUT2D eigenvalue weighted by Crippen LogP contribution is -2.47. The molecule has 0 radical (unpaired) electrons. The molecule has 0 aliphatic carbocycles. The van der Waals surface area contributed by atoms with Gasteiger partial charge < -0.3 is 5.32 Å². The summed E-state index contributed by atoms with van der Waals surface area (Å²) in [5.74, 6) is -0.733. The van der Waals surface area contributed by atoms with Crippen molar-refractivity contribution in [3.8, 4) is 6.19 Å². The number of nitrogens with zero attached hydrogens (tertiary/aromatic N) is 1. The number of rotatable bonds is 2. The Balaban J connectivity index is 4.21. The van der Waals surface area contributed by atoms with Gasteiger partial charge in [-0.1, -0.05) is 20.8 Å². The minimum absolute atomic E-state index is 0.224. The zero-order valence-electron chi connectivity index (χ0n) is 8.84. The van der Waals surface area contributed by atoms with Crippen LogP contribution in [0, 0.1) is 16.9 Å². The summed E-state index contributed by atoms with van der Waals surface area (Å²) >= 11 is 0. The molecule has 78 valence electrons. The summed E-state index contributed by atoms with van der Waals surface area (Å²) in [6, 6.07) is -0.693. The van der Waals surface area contributed by atoms with Gasteiger partial charge in [-0.2, -0.15) is 5.26 Å². The number of hydrogen-bond donors (Lipinski definition) is 2. The third-order valence-electron chi connectivity index (χ3n) is 1.60. The largest absolute Gasteiger partial charge is 0.344 e. The van der Waals surface area contributed by atoms with E-state index in [1.54, 1.807) is 20.8 Å². The highest BCUT2D eigenvalue weighted by atomic mass is 16.2. The van der Waals surface area contributed by atoms with Gasteiger partial charge in [-0.05, 0) is 6.92 Å². The Morgan fingerprint density at radius 1 is 1.36 bits per heavy atom. The Morgan fingerprint density at radius 3 is 2.21 bits per heavy atom. The topological polar surface area (TPSA) is 82.0 Å². The van der Waals surface area contributed by atoms with Crippen molar-refractivity contribution in [2.24, 2.45) is 5.41 Å². The van der Waals surface area contributed by atoms with Crippen LogP contribution in [0.4, 0.5) is 0 Å². The second-order valence-corrected chi connectivity index (χ2v) is 4.05. The minimum atomic E-state index is -0.693. The zero-order valence-corrected chi connectivity index (χ0v) is 8.84. The highest BCUT2D eigenvalue weighted by Crippen LogP contribution is 2.12. The van der Waals surface area contributed by atoms with Crippen LogP contribution >= 0.6 is 0 Å². The Morgan fingerprint density at radius 2 is 1.86 bits per heavy atom. The summed E-state index contributed by atoms with van der Waals surface area (Å²) in [7, 11) is 0. The standard InChI is InChI=1S/C9H15N3O2/c1-6(7(13)11-5-10)12-8(14)9(2,3)4/h6H,1-4H3,(H,11,13)(H,12,14). The molecule has 0 aromatic carbocycles. The van der Waals surface area contributed by atoms with Gasteiger partial charge >= 0.3 is 0 Å². The Bertz CT molecular complexity index is 273. The molecule has 14 heavy (non-hydrogen) atoms. The number of carbonyl (C=O) groups is 2. The van der Waals surface area contributed by atoms with Crippen molar-refractivity contribution in [2.75, 3.05) is 0 Å². The summed E-state index contributed by atoms with van der Waals surface area (Å²) in [6.45, 7) is 6.77. The van der Waals surface area contributed by atoms with Gasteiger partial charge in [0.05, 0.1) is 0 Å². The van der Waals surface area contributed by atoms with Crippen molar-refractivity contribution >= 4 is 11.8 Å². The first-order chi connectivity index (χ1) is 6.29. The molecule has 0 aliphatic heterocycles. The number of nitrogens with one attached hydrogen (secondary N) is 2. The summed E-state index contributed by atoms with van der Waals surface area (Å²) < 4.78 is 0. The molecule has 1 unspecified atom stereocenters. The predicted octanol–water partition coefficient (Wildman–Crippen LogP) is 0.134. The third kappa shape index (κ3) is 3.90. The molecular weight excluding hydrogens is 182 g/mol. The van der Waals surface area contributed by atoms with E-state index in [2.05, 4.69) is 5.32 Å². The lowest BCUT2D eigenvalue weighted by atomic mass is 9.95. The molecule has 0 aliphatic rings. The SMILES string of the molecule is CC(NC(=O)C(C)(C)C)C(=O)NC#N. The molecule has 2 N–H and O–H groups in total. The molecule has 0 saturated heterocycles. The van der Waals surface area contributed by atoms with Crippen molar-refractivity contribution < 1.29 is 9.59 Å². The first-order valence-corrected chi connectivity index (χ1v) is 4.29. The van der Waals surface area contributed by atoms with Crippen LogP contribution in [0.15, 0.2) is 0 Å². The Hall–Kier alpha value is -1.57. The Labute approximate surface area is 83.5 Å². The van der Waals surface area contributed by atoms with Gasteiger partial charge in [-0.15, -0.1) is 0 Å². The molecule has 5 nitrogen and oxygen atoms in total. The third-order valence-corrected chi connectivity index (χ3v) is 1.60. The lowest BCUT2D eigenvalue weighted by molar-refractivity contribution is -0.132. The number of nitriles is 1. The fourth-order valence-electron chi connectivity index (χ4n) is 0.642. The van der Waals surface area contributed by atoms with Crippen LogP contribution < -0.4 is 10.6 Å². The van der Waals surface area contributed by atoms with Crippen LogP contribution in [0.2, 0.25) is 0 Å². The van der Waals surface area contributed by atoms with E-state index in [0.717, 1.165) is 0 Å². The normalized spacial score (nSPS) is 12.5. The maximum Gasteiger partial charge on any atom is 0.255 e. The summed E-state index contributed by atoms with van der Waals surface area (Å²) in [5.41, 5.74) is -0.540. The fraction of sp³-hybridized carbons (Fsp3) is 0.667. The van der Waals surface area contributed by atoms with Gasteiger partial charge in [0.15, 0.2) is 6.19 Å². The molecule has 5 heteroatoms. The second-order valence-electron chi connectivity index (χ2n) is 4.05. The van der Waals surface area contributed by atoms with Gasteiger partial charge in [0.2, 0.25) is 5.91 Å². The maximum atomic E-state index is 11.4. The quantitative estimate of drug-likeness (QED) is 0.487. The molecule has 1 atom stereocenters. The maximum absolute atomic E-state index is 11.4. The summed E-state index contributed by atoms with van der Waals surface area (Å²) in [5, 5.41) is 12.6. The van der Waals surface area contributed by atoms with E-state index in [1.807, 2.05) is 5.32 Å². The van der Waals surface area contributed by atoms with Gasteiger partial charge in [0, 0.05) is 5.41 Å². The van der Waals surface area contributed by atoms with Crippen molar-refractivity contribution in [2.45, 2.75) is 33.7 Å². The van der Waals surface area contributed by atoms with Crippen molar-refractivity contribution in [3.05, 3.63) is 0 Å². The number of hydrogen-bond acceptors (Lipinski definition) is 3. The molecule has 2 amide bonds. The fourth-order valence-corrected chi connectivity index (χ4v) is 0.642. The van der Waals surface area contributed by atoms with E-state index in [0.29, 0.717) is 0 Å². The second kappa shape index (κ2) is 4.61. The first kappa shape index (κ1) is 12.4. The van der Waals surface area contributed by atoms with Gasteiger partial charge in [-0.25, -0.2) is 0 Å². The van der Waals surface area contributed by atoms with Crippen molar-refractivity contribution in [1.29, 1.82) is 5.26 Å². The summed E-state index contributed by atoms with van der Waals surface area (Å²) in [4.78, 5) is 22.5. The van der Waals surface area contributed by atoms with Crippen LogP contribution in [0.1, 0.15) is 27.7 Å². The summed E-state index contributed by atoms with van der Waals surface area (Å²) in [6.07, 6.45) is 1.51. The monoisotopic (exact) mass is 197 g/mol. The van der Waals surface area contributed by atoms with E-state index in [4.69, 9.17) is 5.26 Å². The minimum Gasteiger partial charge on any atom is -0.344 e. The van der Waals surface area contributed by atoms with Crippen LogP contribution in [0.5, 0.6) is 0 Å². The first-order valence-electron chi connectivity index (χ1n) is 4.29. The van der Waals surface area contributed by atoms with Crippen molar-refractivity contribution in [1.82, 2.24) is 10.6 Å². The van der Waals surface area contributed by atoms with Crippen molar-refractivity contribution in [3.63, 3.8) is 0 Å². The van der Waals surface area contributed by atoms with Crippen LogP contribution in [0.25, 0.3) is 0 Å². The highest BCUT2D eigenvalue weighted by Gasteiger charge is 2.24. The predicted molar refractivity (Wildman–Crippen MR) is 50.8 cm³/mol. The van der Waals surface area contributed by atoms with E-state index in [-0.39, 0.29) is 5.91 Å². The molecule has 0 heterocycles. The molecule has 0 bridgehead atoms. The van der Waals surface area contributed by atoms with Crippen LogP contribution in [-0.2, 0) is 9.59 Å². The average molecular weight is 197 g/mol. The molecule has 0 spiro atoms. The van der Waals surface area contributed by atoms with Gasteiger partial charge in [0.25, 0.3) is 5.91 Å². The molecule has 0 aromatic rings. The highest BCUT2D eigenvalue weighted by molar-refractivity contribution is 5.89. The van der Waals surface area contributed by atoms with Crippen LogP contribution in [-0.4, -0.2) is 17.9 Å². The Kier molecular flexibility index (Phi) is 4.09. The lowest BCUT2D eigenvalue weighted by Gasteiger charge is -2.20.